The Morgan fingerprint density at radius 3 is 3.13 bits per heavy atom. The van der Waals surface area contributed by atoms with Crippen LogP contribution in [0.1, 0.15) is 12.5 Å². The van der Waals surface area contributed by atoms with E-state index in [4.69, 9.17) is 9.84 Å². The van der Waals surface area contributed by atoms with Crippen LogP contribution in [0.4, 0.5) is 5.69 Å². The number of fused-ring (bicyclic) bond motifs is 1. The van der Waals surface area contributed by atoms with Crippen molar-refractivity contribution in [3.63, 3.8) is 0 Å². The molecule has 2 rings (SSSR count). The molecule has 0 bridgehead atoms. The first-order valence-electron chi connectivity index (χ1n) is 4.92. The van der Waals surface area contributed by atoms with Gasteiger partial charge in [0.1, 0.15) is 11.8 Å². The second-order valence-corrected chi connectivity index (χ2v) is 3.63. The number of anilines is 1. The highest BCUT2D eigenvalue weighted by Gasteiger charge is 2.14. The highest BCUT2D eigenvalue weighted by molar-refractivity contribution is 5.76. The van der Waals surface area contributed by atoms with Crippen molar-refractivity contribution < 1.29 is 14.6 Å². The Morgan fingerprint density at radius 2 is 2.40 bits per heavy atom. The monoisotopic (exact) mass is 207 g/mol. The van der Waals surface area contributed by atoms with Crippen LogP contribution in [-0.2, 0) is 11.2 Å². The number of benzene rings is 1. The third-order valence-electron chi connectivity index (χ3n) is 2.44. The SMILES string of the molecule is CC(Nc1ccc2c(c1)CCO2)C(=O)O. The van der Waals surface area contributed by atoms with Gasteiger partial charge in [-0.1, -0.05) is 0 Å². The lowest BCUT2D eigenvalue weighted by atomic mass is 10.1. The molecule has 0 radical (unpaired) electrons. The normalized spacial score (nSPS) is 15.3. The molecule has 0 aliphatic carbocycles. The lowest BCUT2D eigenvalue weighted by molar-refractivity contribution is -0.137. The molecule has 4 heteroatoms. The Bertz CT molecular complexity index is 389. The van der Waals surface area contributed by atoms with Crippen LogP contribution in [-0.4, -0.2) is 23.7 Å². The number of nitrogens with one attached hydrogen (secondary N) is 1. The smallest absolute Gasteiger partial charge is 0.325 e. The van der Waals surface area contributed by atoms with Crippen LogP contribution >= 0.6 is 0 Å². The molecule has 1 heterocycles. The highest BCUT2D eigenvalue weighted by atomic mass is 16.5. The van der Waals surface area contributed by atoms with E-state index in [2.05, 4.69) is 5.32 Å². The van der Waals surface area contributed by atoms with E-state index in [1.165, 1.54) is 0 Å². The molecule has 0 amide bonds. The summed E-state index contributed by atoms with van der Waals surface area (Å²) in [5, 5.41) is 11.7. The predicted octanol–water partition coefficient (Wildman–Crippen LogP) is 1.51. The van der Waals surface area contributed by atoms with E-state index in [9.17, 15) is 4.79 Å². The van der Waals surface area contributed by atoms with E-state index in [-0.39, 0.29) is 0 Å². The summed E-state index contributed by atoms with van der Waals surface area (Å²) in [5.41, 5.74) is 1.96. The molecule has 1 aliphatic rings. The number of hydrogen-bond acceptors (Lipinski definition) is 3. The quantitative estimate of drug-likeness (QED) is 0.788. The molecule has 1 unspecified atom stereocenters. The first-order valence-corrected chi connectivity index (χ1v) is 4.92. The Balaban J connectivity index is 2.13. The number of ether oxygens (including phenoxy) is 1. The standard InChI is InChI=1S/C11H13NO3/c1-7(11(13)14)12-9-2-3-10-8(6-9)4-5-15-10/h2-3,6-7,12H,4-5H2,1H3,(H,13,14). The van der Waals surface area contributed by atoms with Crippen LogP contribution in [0.5, 0.6) is 5.75 Å². The zero-order valence-corrected chi connectivity index (χ0v) is 8.49. The summed E-state index contributed by atoms with van der Waals surface area (Å²) in [4.78, 5) is 10.7. The van der Waals surface area contributed by atoms with Gasteiger partial charge in [-0.05, 0) is 30.7 Å². The molecular weight excluding hydrogens is 194 g/mol. The van der Waals surface area contributed by atoms with Gasteiger partial charge in [0.15, 0.2) is 0 Å². The molecule has 1 aromatic carbocycles. The van der Waals surface area contributed by atoms with Crippen LogP contribution in [0, 0.1) is 0 Å². The molecule has 0 saturated heterocycles. The van der Waals surface area contributed by atoms with Crippen LogP contribution in [0.3, 0.4) is 0 Å². The molecule has 1 atom stereocenters. The minimum Gasteiger partial charge on any atom is -0.493 e. The van der Waals surface area contributed by atoms with Gasteiger partial charge in [-0.3, -0.25) is 4.79 Å². The average molecular weight is 207 g/mol. The van der Waals surface area contributed by atoms with Gasteiger partial charge in [0.25, 0.3) is 0 Å². The van der Waals surface area contributed by atoms with Gasteiger partial charge in [0.2, 0.25) is 0 Å². The van der Waals surface area contributed by atoms with Gasteiger partial charge in [-0.2, -0.15) is 0 Å². The summed E-state index contributed by atoms with van der Waals surface area (Å²) in [7, 11) is 0. The van der Waals surface area contributed by atoms with Crippen molar-refractivity contribution in [3.05, 3.63) is 23.8 Å². The Hall–Kier alpha value is -1.71. The van der Waals surface area contributed by atoms with Crippen molar-refractivity contribution in [2.24, 2.45) is 0 Å². The predicted molar refractivity (Wildman–Crippen MR) is 56.4 cm³/mol. The number of carboxylic acid groups (broad SMARTS) is 1. The van der Waals surface area contributed by atoms with E-state index < -0.39 is 12.0 Å². The number of carbonyl (C=O) groups is 1. The summed E-state index contributed by atoms with van der Waals surface area (Å²) in [6.45, 7) is 2.33. The van der Waals surface area contributed by atoms with Gasteiger partial charge < -0.3 is 15.2 Å². The largest absolute Gasteiger partial charge is 0.493 e. The minimum atomic E-state index is -0.855. The van der Waals surface area contributed by atoms with Crippen LogP contribution in [0.2, 0.25) is 0 Å². The fourth-order valence-electron chi connectivity index (χ4n) is 1.59. The van der Waals surface area contributed by atoms with Gasteiger partial charge in [0, 0.05) is 12.1 Å². The van der Waals surface area contributed by atoms with E-state index in [1.54, 1.807) is 6.92 Å². The second-order valence-electron chi connectivity index (χ2n) is 3.63. The van der Waals surface area contributed by atoms with Crippen molar-refractivity contribution in [3.8, 4) is 5.75 Å². The first-order chi connectivity index (χ1) is 7.16. The van der Waals surface area contributed by atoms with Crippen molar-refractivity contribution in [2.75, 3.05) is 11.9 Å². The van der Waals surface area contributed by atoms with E-state index >= 15 is 0 Å². The van der Waals surface area contributed by atoms with Crippen LogP contribution in [0.15, 0.2) is 18.2 Å². The lowest BCUT2D eigenvalue weighted by Gasteiger charge is -2.11. The average Bonchev–Trinajstić information content (AvgIpc) is 2.64. The van der Waals surface area contributed by atoms with E-state index in [0.29, 0.717) is 6.61 Å². The maximum absolute atomic E-state index is 10.7. The van der Waals surface area contributed by atoms with Crippen molar-refractivity contribution in [1.29, 1.82) is 0 Å². The van der Waals surface area contributed by atoms with Gasteiger partial charge in [-0.15, -0.1) is 0 Å². The number of aliphatic carboxylic acids is 1. The Labute approximate surface area is 87.9 Å². The maximum Gasteiger partial charge on any atom is 0.325 e. The minimum absolute atomic E-state index is 0.578. The first kappa shape index (κ1) is 9.83. The van der Waals surface area contributed by atoms with Gasteiger partial charge in [0.05, 0.1) is 6.61 Å². The summed E-state index contributed by atoms with van der Waals surface area (Å²) in [5.74, 6) is 0.0512. The van der Waals surface area contributed by atoms with Crippen LogP contribution < -0.4 is 10.1 Å². The highest BCUT2D eigenvalue weighted by Crippen LogP contribution is 2.27. The third-order valence-corrected chi connectivity index (χ3v) is 2.44. The molecule has 2 N–H and O–H groups in total. The molecule has 1 aromatic rings. The second kappa shape index (κ2) is 3.81. The fourth-order valence-corrected chi connectivity index (χ4v) is 1.59. The zero-order valence-electron chi connectivity index (χ0n) is 8.49. The van der Waals surface area contributed by atoms with Crippen molar-refractivity contribution in [2.45, 2.75) is 19.4 Å². The number of carboxylic acids is 1. The maximum atomic E-state index is 10.7. The molecule has 0 spiro atoms. The number of rotatable bonds is 3. The Kier molecular flexibility index (Phi) is 2.49. The van der Waals surface area contributed by atoms with Gasteiger partial charge >= 0.3 is 5.97 Å². The summed E-state index contributed by atoms with van der Waals surface area (Å²) in [6.07, 6.45) is 0.895. The molecule has 0 aromatic heterocycles. The van der Waals surface area contributed by atoms with Crippen molar-refractivity contribution >= 4 is 11.7 Å². The molecule has 15 heavy (non-hydrogen) atoms. The molecule has 0 fully saturated rings. The van der Waals surface area contributed by atoms with Crippen molar-refractivity contribution in [1.82, 2.24) is 0 Å². The molecule has 80 valence electrons. The summed E-state index contributed by atoms with van der Waals surface area (Å²) >= 11 is 0. The molecular formula is C11H13NO3. The summed E-state index contributed by atoms with van der Waals surface area (Å²) in [6, 6.07) is 5.08. The summed E-state index contributed by atoms with van der Waals surface area (Å²) < 4.78 is 5.36. The molecule has 1 aliphatic heterocycles. The Morgan fingerprint density at radius 1 is 1.60 bits per heavy atom. The van der Waals surface area contributed by atoms with E-state index in [1.807, 2.05) is 18.2 Å². The fraction of sp³-hybridized carbons (Fsp3) is 0.364. The lowest BCUT2D eigenvalue weighted by Crippen LogP contribution is -2.25. The van der Waals surface area contributed by atoms with Crippen LogP contribution in [0.25, 0.3) is 0 Å². The topological polar surface area (TPSA) is 58.6 Å². The third kappa shape index (κ3) is 2.03. The number of hydrogen-bond donors (Lipinski definition) is 2. The molecule has 0 saturated carbocycles. The zero-order chi connectivity index (χ0) is 10.8. The van der Waals surface area contributed by atoms with Gasteiger partial charge in [-0.25, -0.2) is 0 Å². The van der Waals surface area contributed by atoms with E-state index in [0.717, 1.165) is 23.4 Å². The molecule has 4 nitrogen and oxygen atoms in total.